The van der Waals surface area contributed by atoms with E-state index in [1.54, 1.807) is 22.9 Å². The van der Waals surface area contributed by atoms with Gasteiger partial charge in [-0.2, -0.15) is 0 Å². The Labute approximate surface area is 232 Å². The van der Waals surface area contributed by atoms with Gasteiger partial charge in [0.05, 0.1) is 35.1 Å². The van der Waals surface area contributed by atoms with Crippen LogP contribution in [0.25, 0.3) is 5.69 Å². The SMILES string of the molecule is COc1cc(-n2c(C(C)(C)c3ccc(S(N)(=O)=O)cc3)cnc2SCc2c(F)cc(C(=O)O)cc2F)ccc1F. The molecule has 0 amide bonds. The van der Waals surface area contributed by atoms with Gasteiger partial charge in [-0.25, -0.2) is 36.5 Å². The molecule has 0 saturated carbocycles. The second kappa shape index (κ2) is 11.0. The van der Waals surface area contributed by atoms with E-state index >= 15 is 0 Å². The van der Waals surface area contributed by atoms with Crippen molar-refractivity contribution in [1.82, 2.24) is 9.55 Å². The lowest BCUT2D eigenvalue weighted by Gasteiger charge is -2.27. The molecule has 0 saturated heterocycles. The number of benzene rings is 3. The fourth-order valence-electron chi connectivity index (χ4n) is 4.12. The van der Waals surface area contributed by atoms with E-state index in [4.69, 9.17) is 15.0 Å². The quantitative estimate of drug-likeness (QED) is 0.254. The van der Waals surface area contributed by atoms with Gasteiger partial charge in [0.2, 0.25) is 10.0 Å². The minimum absolute atomic E-state index is 0.0373. The summed E-state index contributed by atoms with van der Waals surface area (Å²) in [5, 5.41) is 14.6. The number of aromatic nitrogens is 2. The molecular formula is C27H24F3N3O5S2. The van der Waals surface area contributed by atoms with Crippen LogP contribution in [0.15, 0.2) is 70.8 Å². The molecule has 0 aliphatic heterocycles. The number of hydrogen-bond acceptors (Lipinski definition) is 6. The molecule has 0 atom stereocenters. The van der Waals surface area contributed by atoms with E-state index in [0.717, 1.165) is 23.9 Å². The predicted octanol–water partition coefficient (Wildman–Crippen LogP) is 5.26. The molecule has 4 rings (SSSR count). The molecule has 0 radical (unpaired) electrons. The molecule has 0 spiro atoms. The largest absolute Gasteiger partial charge is 0.494 e. The number of hydrogen-bond donors (Lipinski definition) is 2. The number of methoxy groups -OCH3 is 1. The molecule has 0 bridgehead atoms. The van der Waals surface area contributed by atoms with Crippen LogP contribution >= 0.6 is 11.8 Å². The molecule has 3 N–H and O–H groups in total. The van der Waals surface area contributed by atoms with Crippen molar-refractivity contribution in [2.24, 2.45) is 5.14 Å². The summed E-state index contributed by atoms with van der Waals surface area (Å²) in [6, 6.07) is 11.7. The number of ether oxygens (including phenoxy) is 1. The van der Waals surface area contributed by atoms with Gasteiger partial charge in [0.15, 0.2) is 16.7 Å². The second-order valence-electron chi connectivity index (χ2n) is 9.29. The van der Waals surface area contributed by atoms with Crippen LogP contribution in [0.3, 0.4) is 0 Å². The highest BCUT2D eigenvalue weighted by Crippen LogP contribution is 2.38. The van der Waals surface area contributed by atoms with Gasteiger partial charge in [0.25, 0.3) is 0 Å². The molecule has 0 unspecified atom stereocenters. The molecule has 1 aromatic heterocycles. The van der Waals surface area contributed by atoms with Crippen LogP contribution in [0.2, 0.25) is 0 Å². The van der Waals surface area contributed by atoms with E-state index in [9.17, 15) is 26.4 Å². The van der Waals surface area contributed by atoms with Crippen LogP contribution in [0.4, 0.5) is 13.2 Å². The zero-order valence-corrected chi connectivity index (χ0v) is 23.1. The molecular weight excluding hydrogens is 567 g/mol. The van der Waals surface area contributed by atoms with E-state index in [0.29, 0.717) is 22.1 Å². The normalized spacial score (nSPS) is 12.0. The smallest absolute Gasteiger partial charge is 0.335 e. The van der Waals surface area contributed by atoms with Gasteiger partial charge < -0.3 is 9.84 Å². The van der Waals surface area contributed by atoms with E-state index < -0.39 is 44.4 Å². The highest BCUT2D eigenvalue weighted by molar-refractivity contribution is 7.98. The van der Waals surface area contributed by atoms with Crippen molar-refractivity contribution in [3.8, 4) is 11.4 Å². The van der Waals surface area contributed by atoms with Crippen LogP contribution in [0.5, 0.6) is 5.75 Å². The summed E-state index contributed by atoms with van der Waals surface area (Å²) in [7, 11) is -2.59. The number of imidazole rings is 1. The van der Waals surface area contributed by atoms with Gasteiger partial charge in [0.1, 0.15) is 11.6 Å². The highest BCUT2D eigenvalue weighted by atomic mass is 32.2. The van der Waals surface area contributed by atoms with Crippen LogP contribution in [-0.4, -0.2) is 36.2 Å². The number of carboxylic acids is 1. The van der Waals surface area contributed by atoms with E-state index in [-0.39, 0.29) is 22.0 Å². The molecule has 1 heterocycles. The van der Waals surface area contributed by atoms with Crippen LogP contribution < -0.4 is 9.88 Å². The van der Waals surface area contributed by atoms with Gasteiger partial charge >= 0.3 is 5.97 Å². The topological polar surface area (TPSA) is 125 Å². The van der Waals surface area contributed by atoms with Crippen molar-refractivity contribution in [1.29, 1.82) is 0 Å². The minimum Gasteiger partial charge on any atom is -0.494 e. The number of nitrogens with two attached hydrogens (primary N) is 1. The Morgan fingerprint density at radius 1 is 1.05 bits per heavy atom. The third-order valence-electron chi connectivity index (χ3n) is 6.40. The molecule has 210 valence electrons. The molecule has 0 aliphatic rings. The van der Waals surface area contributed by atoms with Crippen molar-refractivity contribution in [3.05, 3.63) is 101 Å². The standard InChI is InChI=1S/C27H24F3N3O5S2/c1-27(2,16-4-7-18(8-5-16)40(31,36)37)24-13-32-26(33(24)17-6-9-20(28)23(12-17)38-3)39-14-19-21(29)10-15(25(34)35)11-22(19)30/h4-13H,14H2,1-3H3,(H,34,35)(H2,31,36,37). The first-order chi connectivity index (χ1) is 18.7. The lowest BCUT2D eigenvalue weighted by molar-refractivity contribution is 0.0695. The first-order valence-electron chi connectivity index (χ1n) is 11.6. The average Bonchev–Trinajstić information content (AvgIpc) is 3.32. The van der Waals surface area contributed by atoms with Gasteiger partial charge in [-0.1, -0.05) is 37.7 Å². The minimum atomic E-state index is -3.90. The van der Waals surface area contributed by atoms with Crippen molar-refractivity contribution < 1.29 is 36.2 Å². The maximum absolute atomic E-state index is 14.6. The van der Waals surface area contributed by atoms with Gasteiger partial charge in [-0.05, 0) is 42.0 Å². The third-order valence-corrected chi connectivity index (χ3v) is 8.31. The molecule has 13 heteroatoms. The molecule has 3 aromatic carbocycles. The number of halogens is 3. The number of nitrogens with zero attached hydrogens (tertiary/aromatic N) is 2. The molecule has 0 fully saturated rings. The molecule has 40 heavy (non-hydrogen) atoms. The van der Waals surface area contributed by atoms with Crippen molar-refractivity contribution in [2.45, 2.75) is 35.1 Å². The second-order valence-corrected chi connectivity index (χ2v) is 11.8. The number of sulfonamides is 1. The summed E-state index contributed by atoms with van der Waals surface area (Å²) < 4.78 is 73.8. The van der Waals surface area contributed by atoms with Gasteiger partial charge in [-0.15, -0.1) is 0 Å². The number of aromatic carboxylic acids is 1. The summed E-state index contributed by atoms with van der Waals surface area (Å²) in [5.41, 5.74) is 0.0953. The first kappa shape index (κ1) is 29.2. The van der Waals surface area contributed by atoms with E-state index in [1.165, 1.54) is 37.4 Å². The van der Waals surface area contributed by atoms with Crippen LogP contribution in [0.1, 0.15) is 41.0 Å². The molecule has 8 nitrogen and oxygen atoms in total. The number of rotatable bonds is 9. The third kappa shape index (κ3) is 5.71. The average molecular weight is 592 g/mol. The Morgan fingerprint density at radius 3 is 2.23 bits per heavy atom. The number of primary sulfonamides is 1. The highest BCUT2D eigenvalue weighted by Gasteiger charge is 2.30. The molecule has 0 aliphatic carbocycles. The Bertz CT molecular complexity index is 1680. The summed E-state index contributed by atoms with van der Waals surface area (Å²) in [6.45, 7) is 3.73. The monoisotopic (exact) mass is 591 g/mol. The fraction of sp³-hybridized carbons (Fsp3) is 0.185. The number of carboxylic acid groups (broad SMARTS) is 1. The number of carbonyl (C=O) groups is 1. The van der Waals surface area contributed by atoms with Crippen molar-refractivity contribution in [2.75, 3.05) is 7.11 Å². The summed E-state index contributed by atoms with van der Waals surface area (Å²) in [6.07, 6.45) is 1.56. The van der Waals surface area contributed by atoms with Crippen LogP contribution in [0, 0.1) is 17.5 Å². The van der Waals surface area contributed by atoms with E-state index in [2.05, 4.69) is 4.98 Å². The predicted molar refractivity (Wildman–Crippen MR) is 143 cm³/mol. The summed E-state index contributed by atoms with van der Waals surface area (Å²) in [4.78, 5) is 15.5. The van der Waals surface area contributed by atoms with E-state index in [1.807, 2.05) is 13.8 Å². The zero-order valence-electron chi connectivity index (χ0n) is 21.5. The molecule has 4 aromatic rings. The summed E-state index contributed by atoms with van der Waals surface area (Å²) in [5.74, 6) is -4.34. The lowest BCUT2D eigenvalue weighted by Crippen LogP contribution is -2.23. The summed E-state index contributed by atoms with van der Waals surface area (Å²) >= 11 is 0.987. The Kier molecular flexibility index (Phi) is 8.01. The Morgan fingerprint density at radius 2 is 1.68 bits per heavy atom. The van der Waals surface area contributed by atoms with Gasteiger partial charge in [-0.3, -0.25) is 4.57 Å². The Balaban J connectivity index is 1.81. The fourth-order valence-corrected chi connectivity index (χ4v) is 5.65. The van der Waals surface area contributed by atoms with Crippen molar-refractivity contribution >= 4 is 27.8 Å². The Hall–Kier alpha value is -3.81. The van der Waals surface area contributed by atoms with Crippen LogP contribution in [-0.2, 0) is 21.2 Å². The lowest BCUT2D eigenvalue weighted by atomic mass is 9.81. The van der Waals surface area contributed by atoms with Crippen molar-refractivity contribution in [3.63, 3.8) is 0 Å². The maximum Gasteiger partial charge on any atom is 0.335 e. The maximum atomic E-state index is 14.6. The van der Waals surface area contributed by atoms with Gasteiger partial charge in [0, 0.05) is 22.8 Å². The zero-order chi connectivity index (χ0) is 29.4. The number of thioether (sulfide) groups is 1. The first-order valence-corrected chi connectivity index (χ1v) is 14.2.